The summed E-state index contributed by atoms with van der Waals surface area (Å²) in [4.78, 5) is 24.8. The molecule has 0 aliphatic carbocycles. The molecule has 0 fully saturated rings. The first-order valence-electron chi connectivity index (χ1n) is 11.0. The lowest BCUT2D eigenvalue weighted by molar-refractivity contribution is -0.127. The van der Waals surface area contributed by atoms with E-state index in [-0.39, 0.29) is 0 Å². The van der Waals surface area contributed by atoms with Crippen LogP contribution in [0.15, 0.2) is 96.1 Å². The van der Waals surface area contributed by atoms with E-state index in [1.54, 1.807) is 62.6 Å². The molecule has 0 aromatic heterocycles. The Balaban J connectivity index is 1.34. The Kier molecular flexibility index (Phi) is 7.37. The molecule has 0 bridgehead atoms. The molecule has 0 saturated heterocycles. The standard InChI is InChI=1S/C28H24N2O5/c1-19(34-26-12-6-9-21-8-3-4-11-25(21)26)27(31)30-29-18-20-7-5-10-24(17-20)35-28(32)22-13-15-23(33-2)16-14-22/h3-19H,1-2H3,(H,30,31)/b29-18+. The lowest BCUT2D eigenvalue weighted by Gasteiger charge is -2.14. The molecule has 0 heterocycles. The van der Waals surface area contributed by atoms with E-state index in [0.717, 1.165) is 10.8 Å². The average Bonchev–Trinajstić information content (AvgIpc) is 2.89. The fraction of sp³-hybridized carbons (Fsp3) is 0.107. The van der Waals surface area contributed by atoms with Gasteiger partial charge in [0.1, 0.15) is 17.2 Å². The molecule has 0 aliphatic rings. The largest absolute Gasteiger partial charge is 0.497 e. The van der Waals surface area contributed by atoms with E-state index in [0.29, 0.717) is 28.4 Å². The van der Waals surface area contributed by atoms with Crippen molar-refractivity contribution in [2.75, 3.05) is 7.11 Å². The Morgan fingerprint density at radius 3 is 2.43 bits per heavy atom. The van der Waals surface area contributed by atoms with E-state index in [9.17, 15) is 9.59 Å². The van der Waals surface area contributed by atoms with E-state index in [1.165, 1.54) is 6.21 Å². The van der Waals surface area contributed by atoms with Crippen LogP contribution in [-0.4, -0.2) is 31.3 Å². The Hall–Kier alpha value is -4.65. The van der Waals surface area contributed by atoms with Gasteiger partial charge in [-0.05, 0) is 60.3 Å². The first-order chi connectivity index (χ1) is 17.0. The highest BCUT2D eigenvalue weighted by Crippen LogP contribution is 2.26. The summed E-state index contributed by atoms with van der Waals surface area (Å²) in [6, 6.07) is 26.9. The quantitative estimate of drug-likeness (QED) is 0.171. The molecule has 0 spiro atoms. The van der Waals surface area contributed by atoms with Gasteiger partial charge in [-0.1, -0.05) is 48.5 Å². The average molecular weight is 469 g/mol. The van der Waals surface area contributed by atoms with Crippen LogP contribution < -0.4 is 19.6 Å². The van der Waals surface area contributed by atoms with Crippen LogP contribution in [0.4, 0.5) is 0 Å². The van der Waals surface area contributed by atoms with Gasteiger partial charge in [-0.25, -0.2) is 10.2 Å². The summed E-state index contributed by atoms with van der Waals surface area (Å²) in [6.45, 7) is 1.66. The van der Waals surface area contributed by atoms with Gasteiger partial charge in [-0.2, -0.15) is 5.10 Å². The number of carbonyl (C=O) groups excluding carboxylic acids is 2. The first-order valence-corrected chi connectivity index (χ1v) is 11.0. The molecular formula is C28H24N2O5. The highest BCUT2D eigenvalue weighted by Gasteiger charge is 2.15. The Bertz CT molecular complexity index is 1360. The molecule has 1 atom stereocenters. The van der Waals surface area contributed by atoms with Gasteiger partial charge in [0, 0.05) is 5.39 Å². The number of fused-ring (bicyclic) bond motifs is 1. The Labute approximate surface area is 202 Å². The summed E-state index contributed by atoms with van der Waals surface area (Å²) >= 11 is 0. The number of hydrazone groups is 1. The molecule has 1 unspecified atom stereocenters. The second-order valence-electron chi connectivity index (χ2n) is 7.66. The lowest BCUT2D eigenvalue weighted by atomic mass is 10.1. The van der Waals surface area contributed by atoms with Crippen molar-refractivity contribution in [2.24, 2.45) is 5.10 Å². The van der Waals surface area contributed by atoms with E-state index < -0.39 is 18.0 Å². The summed E-state index contributed by atoms with van der Waals surface area (Å²) in [6.07, 6.45) is 0.711. The van der Waals surface area contributed by atoms with Crippen LogP contribution in [0.3, 0.4) is 0 Å². The monoisotopic (exact) mass is 468 g/mol. The molecule has 1 N–H and O–H groups in total. The van der Waals surface area contributed by atoms with Crippen LogP contribution >= 0.6 is 0 Å². The van der Waals surface area contributed by atoms with E-state index >= 15 is 0 Å². The molecule has 7 heteroatoms. The molecule has 0 aliphatic heterocycles. The fourth-order valence-corrected chi connectivity index (χ4v) is 3.36. The van der Waals surface area contributed by atoms with Crippen LogP contribution in [-0.2, 0) is 4.79 Å². The fourth-order valence-electron chi connectivity index (χ4n) is 3.36. The number of esters is 1. The number of amides is 1. The highest BCUT2D eigenvalue weighted by molar-refractivity contribution is 5.92. The molecule has 0 radical (unpaired) electrons. The minimum Gasteiger partial charge on any atom is -0.497 e. The summed E-state index contributed by atoms with van der Waals surface area (Å²) in [5.41, 5.74) is 3.53. The number of benzene rings is 4. The van der Waals surface area contributed by atoms with Gasteiger partial charge in [-0.3, -0.25) is 4.79 Å². The predicted molar refractivity (Wildman–Crippen MR) is 134 cm³/mol. The number of nitrogens with one attached hydrogen (secondary N) is 1. The zero-order chi connectivity index (χ0) is 24.6. The SMILES string of the molecule is COc1ccc(C(=O)Oc2cccc(/C=N/NC(=O)C(C)Oc3cccc4ccccc34)c2)cc1. The predicted octanol–water partition coefficient (Wildman–Crippen LogP) is 4.99. The second-order valence-corrected chi connectivity index (χ2v) is 7.66. The van der Waals surface area contributed by atoms with Gasteiger partial charge in [0.2, 0.25) is 0 Å². The molecule has 4 aromatic rings. The van der Waals surface area contributed by atoms with Crippen molar-refractivity contribution in [3.8, 4) is 17.2 Å². The van der Waals surface area contributed by atoms with Crippen LogP contribution in [0.2, 0.25) is 0 Å². The first kappa shape index (κ1) is 23.5. The van der Waals surface area contributed by atoms with Crippen LogP contribution in [0, 0.1) is 0 Å². The van der Waals surface area contributed by atoms with E-state index in [1.807, 2.05) is 42.5 Å². The van der Waals surface area contributed by atoms with Gasteiger partial charge >= 0.3 is 5.97 Å². The van der Waals surface area contributed by atoms with Gasteiger partial charge in [0.05, 0.1) is 18.9 Å². The number of carbonyl (C=O) groups is 2. The van der Waals surface area contributed by atoms with E-state index in [4.69, 9.17) is 14.2 Å². The lowest BCUT2D eigenvalue weighted by Crippen LogP contribution is -2.33. The number of rotatable bonds is 8. The number of nitrogens with zero attached hydrogens (tertiary/aromatic N) is 1. The van der Waals surface area contributed by atoms with Gasteiger partial charge in [0.25, 0.3) is 5.91 Å². The summed E-state index contributed by atoms with van der Waals surface area (Å²) in [7, 11) is 1.56. The molecule has 1 amide bonds. The van der Waals surface area contributed by atoms with Gasteiger partial charge < -0.3 is 14.2 Å². The molecule has 176 valence electrons. The molecule has 35 heavy (non-hydrogen) atoms. The molecule has 0 saturated carbocycles. The molecule has 7 nitrogen and oxygen atoms in total. The molecule has 4 aromatic carbocycles. The summed E-state index contributed by atoms with van der Waals surface area (Å²) in [5, 5.41) is 5.97. The third-order valence-corrected chi connectivity index (χ3v) is 5.21. The number of ether oxygens (including phenoxy) is 3. The molecular weight excluding hydrogens is 444 g/mol. The normalized spacial score (nSPS) is 11.7. The van der Waals surface area contributed by atoms with Crippen molar-refractivity contribution in [1.82, 2.24) is 5.43 Å². The van der Waals surface area contributed by atoms with Crippen molar-refractivity contribution in [3.05, 3.63) is 102 Å². The summed E-state index contributed by atoms with van der Waals surface area (Å²) in [5.74, 6) is 0.749. The Morgan fingerprint density at radius 2 is 1.63 bits per heavy atom. The number of hydrogen-bond donors (Lipinski definition) is 1. The van der Waals surface area contributed by atoms with Gasteiger partial charge in [0.15, 0.2) is 6.10 Å². The summed E-state index contributed by atoms with van der Waals surface area (Å²) < 4.78 is 16.4. The van der Waals surface area contributed by atoms with Crippen molar-refractivity contribution in [3.63, 3.8) is 0 Å². The number of hydrogen-bond acceptors (Lipinski definition) is 6. The maximum absolute atomic E-state index is 12.5. The van der Waals surface area contributed by atoms with Gasteiger partial charge in [-0.15, -0.1) is 0 Å². The van der Waals surface area contributed by atoms with Crippen molar-refractivity contribution >= 4 is 28.9 Å². The maximum atomic E-state index is 12.5. The minimum absolute atomic E-state index is 0.355. The second kappa shape index (κ2) is 11.0. The smallest absolute Gasteiger partial charge is 0.343 e. The van der Waals surface area contributed by atoms with Crippen LogP contribution in [0.5, 0.6) is 17.2 Å². The highest BCUT2D eigenvalue weighted by atomic mass is 16.5. The zero-order valence-corrected chi connectivity index (χ0v) is 19.3. The third-order valence-electron chi connectivity index (χ3n) is 5.21. The zero-order valence-electron chi connectivity index (χ0n) is 19.3. The topological polar surface area (TPSA) is 86.2 Å². The van der Waals surface area contributed by atoms with Crippen molar-refractivity contribution < 1.29 is 23.8 Å². The van der Waals surface area contributed by atoms with Crippen molar-refractivity contribution in [2.45, 2.75) is 13.0 Å². The van der Waals surface area contributed by atoms with Crippen molar-refractivity contribution in [1.29, 1.82) is 0 Å². The minimum atomic E-state index is -0.755. The van der Waals surface area contributed by atoms with E-state index in [2.05, 4.69) is 10.5 Å². The Morgan fingerprint density at radius 1 is 0.886 bits per heavy atom. The van der Waals surface area contributed by atoms with Crippen LogP contribution in [0.1, 0.15) is 22.8 Å². The molecule has 4 rings (SSSR count). The number of methoxy groups -OCH3 is 1. The maximum Gasteiger partial charge on any atom is 0.343 e. The van der Waals surface area contributed by atoms with Crippen LogP contribution in [0.25, 0.3) is 10.8 Å². The third kappa shape index (κ3) is 6.03.